The third-order valence-corrected chi connectivity index (χ3v) is 3.21. The molecule has 1 aromatic carbocycles. The van der Waals surface area contributed by atoms with Crippen LogP contribution in [-0.2, 0) is 11.2 Å². The molecule has 0 atom stereocenters. The standard InChI is InChI=1S/C17H22N2O2/c1-11-5-7-14-13(9-11)10-12(16(21)18-14)6-8-15(20)19-17(2,3)4/h5,7,9-10H,6,8H2,1-4H3,(H,18,21)(H,19,20). The highest BCUT2D eigenvalue weighted by Crippen LogP contribution is 2.14. The monoisotopic (exact) mass is 286 g/mol. The Bertz CT molecular complexity index is 724. The molecule has 0 aliphatic rings. The fourth-order valence-electron chi connectivity index (χ4n) is 2.29. The van der Waals surface area contributed by atoms with E-state index in [1.807, 2.05) is 52.0 Å². The van der Waals surface area contributed by atoms with E-state index >= 15 is 0 Å². The number of nitrogens with one attached hydrogen (secondary N) is 2. The molecule has 1 aromatic heterocycles. The number of aryl methyl sites for hydroxylation is 2. The number of hydrogen-bond donors (Lipinski definition) is 2. The molecule has 0 saturated carbocycles. The average Bonchev–Trinajstić information content (AvgIpc) is 2.34. The largest absolute Gasteiger partial charge is 0.351 e. The highest BCUT2D eigenvalue weighted by molar-refractivity contribution is 5.80. The molecule has 1 heterocycles. The second kappa shape index (κ2) is 5.72. The third kappa shape index (κ3) is 4.18. The number of carbonyl (C=O) groups is 1. The van der Waals surface area contributed by atoms with E-state index in [1.165, 1.54) is 0 Å². The Kier molecular flexibility index (Phi) is 4.16. The maximum absolute atomic E-state index is 12.0. The van der Waals surface area contributed by atoms with Crippen molar-refractivity contribution < 1.29 is 4.79 Å². The van der Waals surface area contributed by atoms with Crippen molar-refractivity contribution in [1.82, 2.24) is 10.3 Å². The van der Waals surface area contributed by atoms with Crippen LogP contribution in [0.1, 0.15) is 38.3 Å². The van der Waals surface area contributed by atoms with E-state index in [-0.39, 0.29) is 17.0 Å². The Morgan fingerprint density at radius 1 is 1.24 bits per heavy atom. The van der Waals surface area contributed by atoms with Gasteiger partial charge in [-0.05, 0) is 57.7 Å². The van der Waals surface area contributed by atoms with Crippen molar-refractivity contribution in [2.45, 2.75) is 46.1 Å². The van der Waals surface area contributed by atoms with Crippen LogP contribution in [0.2, 0.25) is 0 Å². The predicted octanol–water partition coefficient (Wildman–Crippen LogP) is 2.68. The highest BCUT2D eigenvalue weighted by atomic mass is 16.1. The molecule has 0 aliphatic heterocycles. The molecule has 0 bridgehead atoms. The lowest BCUT2D eigenvalue weighted by Gasteiger charge is -2.20. The van der Waals surface area contributed by atoms with Crippen LogP contribution in [0.3, 0.4) is 0 Å². The number of aromatic amines is 1. The van der Waals surface area contributed by atoms with Crippen molar-refractivity contribution in [3.05, 3.63) is 45.7 Å². The minimum atomic E-state index is -0.246. The zero-order chi connectivity index (χ0) is 15.6. The van der Waals surface area contributed by atoms with Gasteiger partial charge in [0.15, 0.2) is 0 Å². The van der Waals surface area contributed by atoms with Gasteiger partial charge < -0.3 is 10.3 Å². The van der Waals surface area contributed by atoms with Gasteiger partial charge in [-0.2, -0.15) is 0 Å². The summed E-state index contributed by atoms with van der Waals surface area (Å²) in [7, 11) is 0. The summed E-state index contributed by atoms with van der Waals surface area (Å²) in [5.74, 6) is -0.0359. The fourth-order valence-corrected chi connectivity index (χ4v) is 2.29. The fraction of sp³-hybridized carbons (Fsp3) is 0.412. The first kappa shape index (κ1) is 15.3. The van der Waals surface area contributed by atoms with Crippen molar-refractivity contribution in [3.8, 4) is 0 Å². The Morgan fingerprint density at radius 2 is 1.95 bits per heavy atom. The number of rotatable bonds is 3. The van der Waals surface area contributed by atoms with Crippen LogP contribution in [0.25, 0.3) is 10.9 Å². The number of fused-ring (bicyclic) bond motifs is 1. The lowest BCUT2D eigenvalue weighted by Crippen LogP contribution is -2.40. The van der Waals surface area contributed by atoms with E-state index in [1.54, 1.807) is 0 Å². The zero-order valence-electron chi connectivity index (χ0n) is 13.0. The molecule has 4 nitrogen and oxygen atoms in total. The second-order valence-corrected chi connectivity index (χ2v) is 6.51. The van der Waals surface area contributed by atoms with Gasteiger partial charge in [0.05, 0.1) is 0 Å². The number of benzene rings is 1. The van der Waals surface area contributed by atoms with E-state index in [2.05, 4.69) is 10.3 Å². The number of H-pyrrole nitrogens is 1. The van der Waals surface area contributed by atoms with Gasteiger partial charge in [-0.25, -0.2) is 0 Å². The SMILES string of the molecule is Cc1ccc2[nH]c(=O)c(CCC(=O)NC(C)(C)C)cc2c1. The highest BCUT2D eigenvalue weighted by Gasteiger charge is 2.14. The molecule has 112 valence electrons. The Morgan fingerprint density at radius 3 is 2.62 bits per heavy atom. The van der Waals surface area contributed by atoms with Crippen LogP contribution in [0.4, 0.5) is 0 Å². The molecule has 0 aliphatic carbocycles. The molecule has 0 saturated heterocycles. The van der Waals surface area contributed by atoms with Gasteiger partial charge in [0, 0.05) is 23.0 Å². The molecule has 2 rings (SSSR count). The number of hydrogen-bond acceptors (Lipinski definition) is 2. The van der Waals surface area contributed by atoms with E-state index in [9.17, 15) is 9.59 Å². The number of amides is 1. The first-order valence-electron chi connectivity index (χ1n) is 7.18. The van der Waals surface area contributed by atoms with Gasteiger partial charge in [0.2, 0.25) is 5.91 Å². The van der Waals surface area contributed by atoms with E-state index in [0.29, 0.717) is 18.4 Å². The van der Waals surface area contributed by atoms with E-state index in [4.69, 9.17) is 0 Å². The van der Waals surface area contributed by atoms with Gasteiger partial charge in [0.1, 0.15) is 0 Å². The first-order chi connectivity index (χ1) is 9.74. The van der Waals surface area contributed by atoms with Gasteiger partial charge in [-0.3, -0.25) is 9.59 Å². The smallest absolute Gasteiger partial charge is 0.251 e. The minimum absolute atomic E-state index is 0.0359. The summed E-state index contributed by atoms with van der Waals surface area (Å²) in [6.45, 7) is 7.84. The van der Waals surface area contributed by atoms with Crippen LogP contribution in [0.5, 0.6) is 0 Å². The molecule has 0 fully saturated rings. The summed E-state index contributed by atoms with van der Waals surface area (Å²) in [4.78, 5) is 26.7. The van der Waals surface area contributed by atoms with Gasteiger partial charge in [-0.1, -0.05) is 11.6 Å². The van der Waals surface area contributed by atoms with Crippen LogP contribution >= 0.6 is 0 Å². The van der Waals surface area contributed by atoms with Crippen LogP contribution in [-0.4, -0.2) is 16.4 Å². The second-order valence-electron chi connectivity index (χ2n) is 6.51. The molecular weight excluding hydrogens is 264 g/mol. The molecule has 21 heavy (non-hydrogen) atoms. The summed E-state index contributed by atoms with van der Waals surface area (Å²) in [5, 5.41) is 3.90. The summed E-state index contributed by atoms with van der Waals surface area (Å²) in [6, 6.07) is 7.78. The minimum Gasteiger partial charge on any atom is -0.351 e. The van der Waals surface area contributed by atoms with Crippen LogP contribution in [0.15, 0.2) is 29.1 Å². The number of pyridine rings is 1. The lowest BCUT2D eigenvalue weighted by atomic mass is 10.1. The molecule has 2 aromatic rings. The van der Waals surface area contributed by atoms with Crippen molar-refractivity contribution in [2.75, 3.05) is 0 Å². The Balaban J connectivity index is 2.17. The Labute approximate surface area is 124 Å². The summed E-state index contributed by atoms with van der Waals surface area (Å²) in [6.07, 6.45) is 0.763. The first-order valence-corrected chi connectivity index (χ1v) is 7.18. The third-order valence-electron chi connectivity index (χ3n) is 3.21. The lowest BCUT2D eigenvalue weighted by molar-refractivity contribution is -0.122. The summed E-state index contributed by atoms with van der Waals surface area (Å²) < 4.78 is 0. The molecular formula is C17H22N2O2. The molecule has 0 unspecified atom stereocenters. The van der Waals surface area contributed by atoms with Crippen molar-refractivity contribution in [1.29, 1.82) is 0 Å². The number of aromatic nitrogens is 1. The average molecular weight is 286 g/mol. The van der Waals surface area contributed by atoms with Gasteiger partial charge >= 0.3 is 0 Å². The maximum atomic E-state index is 12.0. The maximum Gasteiger partial charge on any atom is 0.251 e. The quantitative estimate of drug-likeness (QED) is 0.911. The van der Waals surface area contributed by atoms with E-state index < -0.39 is 0 Å². The Hall–Kier alpha value is -2.10. The van der Waals surface area contributed by atoms with Crippen molar-refractivity contribution in [3.63, 3.8) is 0 Å². The van der Waals surface area contributed by atoms with Crippen LogP contribution < -0.4 is 10.9 Å². The topological polar surface area (TPSA) is 62.0 Å². The normalized spacial score (nSPS) is 11.6. The zero-order valence-corrected chi connectivity index (χ0v) is 13.0. The van der Waals surface area contributed by atoms with Gasteiger partial charge in [-0.15, -0.1) is 0 Å². The predicted molar refractivity (Wildman–Crippen MR) is 85.5 cm³/mol. The molecule has 0 radical (unpaired) electrons. The van der Waals surface area contributed by atoms with Crippen molar-refractivity contribution in [2.24, 2.45) is 0 Å². The molecule has 0 spiro atoms. The molecule has 1 amide bonds. The van der Waals surface area contributed by atoms with Crippen molar-refractivity contribution >= 4 is 16.8 Å². The molecule has 2 N–H and O–H groups in total. The van der Waals surface area contributed by atoms with Crippen LogP contribution in [0, 0.1) is 6.92 Å². The van der Waals surface area contributed by atoms with Gasteiger partial charge in [0.25, 0.3) is 5.56 Å². The van der Waals surface area contributed by atoms with E-state index in [0.717, 1.165) is 16.5 Å². The number of carbonyl (C=O) groups excluding carboxylic acids is 1. The molecule has 4 heteroatoms. The summed E-state index contributed by atoms with van der Waals surface area (Å²) >= 11 is 0. The summed E-state index contributed by atoms with van der Waals surface area (Å²) in [5.41, 5.74) is 2.26.